The standard InChI is InChI=1S/C24H25N2O/c1-14-6-7-19-18-9-8-17-15(2)26-11-10-16(13-24(3,4)5)12-20(26)21(17)22(18)27-23(19)25-14/h6-12,15H,13H2,1-5H3/q+1. The van der Waals surface area contributed by atoms with Crippen LogP contribution in [0.2, 0.25) is 0 Å². The Morgan fingerprint density at radius 3 is 2.63 bits per heavy atom. The highest BCUT2D eigenvalue weighted by Crippen LogP contribution is 2.42. The third kappa shape index (κ3) is 2.48. The van der Waals surface area contributed by atoms with Crippen LogP contribution >= 0.6 is 0 Å². The van der Waals surface area contributed by atoms with Gasteiger partial charge in [0.1, 0.15) is 0 Å². The molecule has 136 valence electrons. The van der Waals surface area contributed by atoms with Crippen LogP contribution in [0.3, 0.4) is 0 Å². The molecule has 4 aromatic rings. The zero-order valence-corrected chi connectivity index (χ0v) is 16.6. The molecule has 0 saturated carbocycles. The lowest BCUT2D eigenvalue weighted by molar-refractivity contribution is -0.694. The molecule has 3 heteroatoms. The van der Waals surface area contributed by atoms with Gasteiger partial charge in [-0.1, -0.05) is 26.8 Å². The molecule has 3 nitrogen and oxygen atoms in total. The first-order valence-corrected chi connectivity index (χ1v) is 9.69. The zero-order valence-electron chi connectivity index (χ0n) is 16.6. The molecule has 1 aromatic carbocycles. The summed E-state index contributed by atoms with van der Waals surface area (Å²) in [5, 5.41) is 2.24. The Morgan fingerprint density at radius 1 is 1.07 bits per heavy atom. The average Bonchev–Trinajstić information content (AvgIpc) is 3.08. The summed E-state index contributed by atoms with van der Waals surface area (Å²) in [4.78, 5) is 4.61. The number of benzene rings is 1. The summed E-state index contributed by atoms with van der Waals surface area (Å²) in [6.45, 7) is 11.1. The minimum absolute atomic E-state index is 0.263. The molecule has 4 heterocycles. The minimum atomic E-state index is 0.263. The Bertz CT molecular complexity index is 1210. The molecule has 0 fully saturated rings. The van der Waals surface area contributed by atoms with Gasteiger partial charge in [0, 0.05) is 41.1 Å². The maximum atomic E-state index is 6.30. The predicted octanol–water partition coefficient (Wildman–Crippen LogP) is 5.76. The fourth-order valence-electron chi connectivity index (χ4n) is 4.41. The summed E-state index contributed by atoms with van der Waals surface area (Å²) in [5.74, 6) is 0. The lowest BCUT2D eigenvalue weighted by Gasteiger charge is -2.17. The van der Waals surface area contributed by atoms with Crippen molar-refractivity contribution in [1.82, 2.24) is 4.98 Å². The minimum Gasteiger partial charge on any atom is -0.437 e. The second kappa shape index (κ2) is 5.41. The van der Waals surface area contributed by atoms with E-state index in [1.54, 1.807) is 0 Å². The van der Waals surface area contributed by atoms with E-state index in [2.05, 4.69) is 79.8 Å². The molecular weight excluding hydrogens is 332 g/mol. The van der Waals surface area contributed by atoms with Gasteiger partial charge in [0.15, 0.2) is 17.8 Å². The first kappa shape index (κ1) is 16.5. The number of hydrogen-bond acceptors (Lipinski definition) is 2. The summed E-state index contributed by atoms with van der Waals surface area (Å²) in [6, 6.07) is 13.5. The fraction of sp³-hybridized carbons (Fsp3) is 0.333. The van der Waals surface area contributed by atoms with Crippen molar-refractivity contribution in [3.63, 3.8) is 0 Å². The van der Waals surface area contributed by atoms with E-state index in [1.165, 1.54) is 22.4 Å². The molecule has 0 radical (unpaired) electrons. The Balaban J connectivity index is 1.79. The Morgan fingerprint density at radius 2 is 1.85 bits per heavy atom. The highest BCUT2D eigenvalue weighted by atomic mass is 16.3. The van der Waals surface area contributed by atoms with E-state index in [4.69, 9.17) is 4.42 Å². The molecule has 0 amide bonds. The van der Waals surface area contributed by atoms with Crippen molar-refractivity contribution >= 4 is 22.1 Å². The van der Waals surface area contributed by atoms with E-state index < -0.39 is 0 Å². The second-order valence-corrected chi connectivity index (χ2v) is 9.05. The number of nitrogens with zero attached hydrogens (tertiary/aromatic N) is 2. The van der Waals surface area contributed by atoms with Crippen LogP contribution < -0.4 is 4.57 Å². The van der Waals surface area contributed by atoms with E-state index in [-0.39, 0.29) is 5.41 Å². The van der Waals surface area contributed by atoms with Crippen LogP contribution in [0, 0.1) is 12.3 Å². The van der Waals surface area contributed by atoms with Crippen LogP contribution in [0.1, 0.15) is 50.6 Å². The summed E-state index contributed by atoms with van der Waals surface area (Å²) in [5.41, 5.74) is 8.11. The van der Waals surface area contributed by atoms with E-state index in [9.17, 15) is 0 Å². The Hall–Kier alpha value is -2.68. The zero-order chi connectivity index (χ0) is 18.9. The maximum absolute atomic E-state index is 6.30. The molecule has 0 saturated heterocycles. The molecule has 0 aliphatic carbocycles. The molecular formula is C24H25N2O+. The number of fused-ring (bicyclic) bond motifs is 7. The second-order valence-electron chi connectivity index (χ2n) is 9.05. The summed E-state index contributed by atoms with van der Waals surface area (Å²) < 4.78 is 8.66. The van der Waals surface area contributed by atoms with Crippen molar-refractivity contribution < 1.29 is 8.98 Å². The number of pyridine rings is 2. The molecule has 3 aromatic heterocycles. The van der Waals surface area contributed by atoms with E-state index in [0.717, 1.165) is 34.2 Å². The molecule has 1 aliphatic rings. The topological polar surface area (TPSA) is 29.9 Å². The lowest BCUT2D eigenvalue weighted by atomic mass is 9.88. The maximum Gasteiger partial charge on any atom is 0.227 e. The van der Waals surface area contributed by atoms with Gasteiger partial charge in [-0.2, -0.15) is 4.57 Å². The summed E-state index contributed by atoms with van der Waals surface area (Å²) in [7, 11) is 0. The van der Waals surface area contributed by atoms with Crippen molar-refractivity contribution in [2.75, 3.05) is 0 Å². The highest BCUT2D eigenvalue weighted by molar-refractivity contribution is 6.09. The molecule has 1 unspecified atom stereocenters. The Kier molecular flexibility index (Phi) is 3.31. The molecule has 27 heavy (non-hydrogen) atoms. The van der Waals surface area contributed by atoms with Gasteiger partial charge < -0.3 is 4.42 Å². The predicted molar refractivity (Wildman–Crippen MR) is 109 cm³/mol. The van der Waals surface area contributed by atoms with Crippen LogP contribution in [0.4, 0.5) is 0 Å². The monoisotopic (exact) mass is 357 g/mol. The number of rotatable bonds is 1. The van der Waals surface area contributed by atoms with Crippen molar-refractivity contribution in [2.45, 2.75) is 47.1 Å². The fourth-order valence-corrected chi connectivity index (χ4v) is 4.41. The van der Waals surface area contributed by atoms with Crippen molar-refractivity contribution in [2.24, 2.45) is 5.41 Å². The van der Waals surface area contributed by atoms with Gasteiger partial charge in [-0.05, 0) is 42.5 Å². The summed E-state index contributed by atoms with van der Waals surface area (Å²) >= 11 is 0. The van der Waals surface area contributed by atoms with Crippen LogP contribution in [0.25, 0.3) is 33.3 Å². The van der Waals surface area contributed by atoms with Crippen molar-refractivity contribution in [1.29, 1.82) is 0 Å². The van der Waals surface area contributed by atoms with Gasteiger partial charge in [0.2, 0.25) is 11.4 Å². The smallest absolute Gasteiger partial charge is 0.227 e. The number of aryl methyl sites for hydroxylation is 1. The van der Waals surface area contributed by atoms with E-state index >= 15 is 0 Å². The van der Waals surface area contributed by atoms with Gasteiger partial charge in [0.05, 0.1) is 5.56 Å². The van der Waals surface area contributed by atoms with Crippen LogP contribution in [-0.4, -0.2) is 4.98 Å². The number of hydrogen-bond donors (Lipinski definition) is 0. The first-order chi connectivity index (χ1) is 12.8. The van der Waals surface area contributed by atoms with Crippen molar-refractivity contribution in [3.05, 3.63) is 59.4 Å². The first-order valence-electron chi connectivity index (χ1n) is 9.69. The molecule has 0 spiro atoms. The average molecular weight is 357 g/mol. The van der Waals surface area contributed by atoms with Crippen LogP contribution in [0.15, 0.2) is 47.0 Å². The normalized spacial score (nSPS) is 16.1. The molecule has 1 atom stereocenters. The van der Waals surface area contributed by atoms with E-state index in [1.807, 2.05) is 6.92 Å². The number of furan rings is 1. The van der Waals surface area contributed by atoms with Crippen molar-refractivity contribution in [3.8, 4) is 11.3 Å². The SMILES string of the molecule is Cc1ccc2c(n1)oc1c3c(ccc12)C(C)[n+]1ccc(CC(C)(C)C)cc1-3. The highest BCUT2D eigenvalue weighted by Gasteiger charge is 2.36. The largest absolute Gasteiger partial charge is 0.437 e. The quantitative estimate of drug-likeness (QED) is 0.406. The van der Waals surface area contributed by atoms with Gasteiger partial charge in [0.25, 0.3) is 0 Å². The third-order valence-electron chi connectivity index (χ3n) is 5.59. The lowest BCUT2D eigenvalue weighted by Crippen LogP contribution is -2.35. The van der Waals surface area contributed by atoms with Crippen LogP contribution in [-0.2, 0) is 6.42 Å². The van der Waals surface area contributed by atoms with Gasteiger partial charge in [-0.3, -0.25) is 0 Å². The Labute approximate surface area is 159 Å². The van der Waals surface area contributed by atoms with Gasteiger partial charge in [-0.25, -0.2) is 4.98 Å². The molecule has 5 rings (SSSR count). The summed E-state index contributed by atoms with van der Waals surface area (Å²) in [6.07, 6.45) is 3.29. The molecule has 0 N–H and O–H groups in total. The van der Waals surface area contributed by atoms with Crippen LogP contribution in [0.5, 0.6) is 0 Å². The molecule has 1 aliphatic heterocycles. The van der Waals surface area contributed by atoms with E-state index in [0.29, 0.717) is 6.04 Å². The van der Waals surface area contributed by atoms with Gasteiger partial charge in [-0.15, -0.1) is 0 Å². The molecule has 0 bridgehead atoms. The number of aromatic nitrogens is 2. The third-order valence-corrected chi connectivity index (χ3v) is 5.59. The van der Waals surface area contributed by atoms with Gasteiger partial charge >= 0.3 is 0 Å².